The molecule has 0 bridgehead atoms. The summed E-state index contributed by atoms with van der Waals surface area (Å²) in [4.78, 5) is 11.9. The molecule has 0 spiro atoms. The predicted molar refractivity (Wildman–Crippen MR) is 73.6 cm³/mol. The lowest BCUT2D eigenvalue weighted by atomic mass is 9.67. The summed E-state index contributed by atoms with van der Waals surface area (Å²) >= 11 is 0. The van der Waals surface area contributed by atoms with Crippen LogP contribution in [0.15, 0.2) is 24.3 Å². The molecular formula is C15H21NO3. The van der Waals surface area contributed by atoms with Gasteiger partial charge in [-0.05, 0) is 50.9 Å². The second-order valence-electron chi connectivity index (χ2n) is 5.86. The van der Waals surface area contributed by atoms with Crippen LogP contribution in [0.2, 0.25) is 0 Å². The Morgan fingerprint density at radius 3 is 2.74 bits per heavy atom. The molecule has 0 aromatic heterocycles. The molecule has 1 aliphatic rings. The highest BCUT2D eigenvalue weighted by molar-refractivity contribution is 5.82. The third-order valence-corrected chi connectivity index (χ3v) is 3.93. The maximum absolute atomic E-state index is 11.9. The molecule has 1 unspecified atom stereocenters. The van der Waals surface area contributed by atoms with Crippen LogP contribution in [0.1, 0.15) is 32.3 Å². The summed E-state index contributed by atoms with van der Waals surface area (Å²) in [6.45, 7) is 4.80. The Hall–Kier alpha value is -1.55. The zero-order chi connectivity index (χ0) is 14.1. The van der Waals surface area contributed by atoms with Gasteiger partial charge < -0.3 is 15.2 Å². The van der Waals surface area contributed by atoms with Crippen LogP contribution in [0.25, 0.3) is 0 Å². The predicted octanol–water partition coefficient (Wildman–Crippen LogP) is 2.18. The molecule has 4 nitrogen and oxygen atoms in total. The number of carboxylic acid groups (broad SMARTS) is 1. The van der Waals surface area contributed by atoms with E-state index in [1.807, 2.05) is 38.1 Å². The molecule has 2 N–H and O–H groups in total. The van der Waals surface area contributed by atoms with Gasteiger partial charge in [-0.15, -0.1) is 0 Å². The van der Waals surface area contributed by atoms with Crippen molar-refractivity contribution in [2.45, 2.75) is 37.6 Å². The largest absolute Gasteiger partial charge is 0.497 e. The number of rotatable bonds is 3. The van der Waals surface area contributed by atoms with Gasteiger partial charge in [0.05, 0.1) is 12.5 Å². The van der Waals surface area contributed by atoms with Crippen LogP contribution >= 0.6 is 0 Å². The lowest BCUT2D eigenvalue weighted by Crippen LogP contribution is -2.55. The first-order valence-corrected chi connectivity index (χ1v) is 6.53. The average molecular weight is 263 g/mol. The maximum atomic E-state index is 11.9. The summed E-state index contributed by atoms with van der Waals surface area (Å²) in [5.74, 6) is -0.0511. The number of carboxylic acids is 1. The fourth-order valence-corrected chi connectivity index (χ4v) is 2.99. The fourth-order valence-electron chi connectivity index (χ4n) is 2.99. The highest BCUT2D eigenvalue weighted by Gasteiger charge is 2.47. The van der Waals surface area contributed by atoms with Crippen molar-refractivity contribution in [3.63, 3.8) is 0 Å². The highest BCUT2D eigenvalue weighted by Crippen LogP contribution is 2.40. The first-order chi connectivity index (χ1) is 8.89. The number of piperidine rings is 1. The molecule has 0 radical (unpaired) electrons. The minimum atomic E-state index is -0.830. The molecule has 1 aromatic rings. The Kier molecular flexibility index (Phi) is 3.54. The lowest BCUT2D eigenvalue weighted by molar-refractivity contribution is -0.146. The number of benzene rings is 1. The second kappa shape index (κ2) is 4.85. The lowest BCUT2D eigenvalue weighted by Gasteiger charge is -2.43. The third kappa shape index (κ3) is 2.59. The molecule has 1 fully saturated rings. The molecule has 0 aliphatic carbocycles. The second-order valence-corrected chi connectivity index (χ2v) is 5.86. The minimum Gasteiger partial charge on any atom is -0.497 e. The molecule has 104 valence electrons. The SMILES string of the molecule is COc1cccc(C2(C(=O)O)CCNC(C)(C)C2)c1. The van der Waals surface area contributed by atoms with Crippen LogP contribution in [-0.2, 0) is 10.2 Å². The van der Waals surface area contributed by atoms with Crippen molar-refractivity contribution < 1.29 is 14.6 Å². The van der Waals surface area contributed by atoms with Crippen LogP contribution in [0.4, 0.5) is 0 Å². The van der Waals surface area contributed by atoms with Crippen LogP contribution in [0.3, 0.4) is 0 Å². The molecular weight excluding hydrogens is 242 g/mol. The molecule has 1 heterocycles. The van der Waals surface area contributed by atoms with Crippen molar-refractivity contribution in [3.8, 4) is 5.75 Å². The molecule has 19 heavy (non-hydrogen) atoms. The quantitative estimate of drug-likeness (QED) is 0.877. The van der Waals surface area contributed by atoms with E-state index < -0.39 is 11.4 Å². The van der Waals surface area contributed by atoms with E-state index in [1.54, 1.807) is 7.11 Å². The van der Waals surface area contributed by atoms with E-state index in [0.29, 0.717) is 25.1 Å². The standard InChI is InChI=1S/C15H21NO3/c1-14(2)10-15(13(17)18,7-8-16-14)11-5-4-6-12(9-11)19-3/h4-6,9,16H,7-8,10H2,1-3H3,(H,17,18). The van der Waals surface area contributed by atoms with Gasteiger partial charge in [0, 0.05) is 5.54 Å². The summed E-state index contributed by atoms with van der Waals surface area (Å²) in [5.41, 5.74) is -0.183. The summed E-state index contributed by atoms with van der Waals surface area (Å²) in [6.07, 6.45) is 1.17. The Bertz CT molecular complexity index is 484. The van der Waals surface area contributed by atoms with Crippen molar-refractivity contribution >= 4 is 5.97 Å². The first kappa shape index (κ1) is 13.9. The maximum Gasteiger partial charge on any atom is 0.314 e. The molecule has 0 saturated carbocycles. The zero-order valence-electron chi connectivity index (χ0n) is 11.7. The Labute approximate surface area is 113 Å². The van der Waals surface area contributed by atoms with E-state index in [4.69, 9.17) is 4.74 Å². The Morgan fingerprint density at radius 2 is 2.16 bits per heavy atom. The Morgan fingerprint density at radius 1 is 1.42 bits per heavy atom. The zero-order valence-corrected chi connectivity index (χ0v) is 11.7. The van der Waals surface area contributed by atoms with Gasteiger partial charge in [0.25, 0.3) is 0 Å². The van der Waals surface area contributed by atoms with Crippen molar-refractivity contribution in [1.82, 2.24) is 5.32 Å². The van der Waals surface area contributed by atoms with Gasteiger partial charge in [-0.25, -0.2) is 0 Å². The van der Waals surface area contributed by atoms with Crippen LogP contribution in [0, 0.1) is 0 Å². The van der Waals surface area contributed by atoms with E-state index in [1.165, 1.54) is 0 Å². The number of hydrogen-bond donors (Lipinski definition) is 2. The summed E-state index contributed by atoms with van der Waals surface area (Å²) < 4.78 is 5.21. The minimum absolute atomic E-state index is 0.181. The molecule has 2 rings (SSSR count). The van der Waals surface area contributed by atoms with Gasteiger partial charge in [0.2, 0.25) is 0 Å². The van der Waals surface area contributed by atoms with Crippen molar-refractivity contribution in [2.24, 2.45) is 0 Å². The van der Waals surface area contributed by atoms with E-state index in [2.05, 4.69) is 5.32 Å². The number of hydrogen-bond acceptors (Lipinski definition) is 3. The van der Waals surface area contributed by atoms with Gasteiger partial charge in [-0.2, -0.15) is 0 Å². The van der Waals surface area contributed by atoms with Gasteiger partial charge >= 0.3 is 5.97 Å². The number of carbonyl (C=O) groups is 1. The van der Waals surface area contributed by atoms with E-state index >= 15 is 0 Å². The first-order valence-electron chi connectivity index (χ1n) is 6.53. The fraction of sp³-hybridized carbons (Fsp3) is 0.533. The van der Waals surface area contributed by atoms with Gasteiger partial charge in [-0.1, -0.05) is 12.1 Å². The van der Waals surface area contributed by atoms with Crippen LogP contribution < -0.4 is 10.1 Å². The van der Waals surface area contributed by atoms with Crippen molar-refractivity contribution in [2.75, 3.05) is 13.7 Å². The summed E-state index contributed by atoms with van der Waals surface area (Å²) in [6, 6.07) is 7.42. The number of ether oxygens (including phenoxy) is 1. The number of nitrogens with one attached hydrogen (secondary N) is 1. The molecule has 0 amide bonds. The summed E-state index contributed by atoms with van der Waals surface area (Å²) in [7, 11) is 1.60. The molecule has 1 atom stereocenters. The van der Waals surface area contributed by atoms with E-state index in [9.17, 15) is 9.90 Å². The van der Waals surface area contributed by atoms with Crippen LogP contribution in [0.5, 0.6) is 5.75 Å². The molecule has 1 aliphatic heterocycles. The number of aliphatic carboxylic acids is 1. The van der Waals surface area contributed by atoms with Crippen LogP contribution in [-0.4, -0.2) is 30.3 Å². The average Bonchev–Trinajstić information content (AvgIpc) is 2.37. The van der Waals surface area contributed by atoms with E-state index in [0.717, 1.165) is 5.56 Å². The van der Waals surface area contributed by atoms with Crippen molar-refractivity contribution in [3.05, 3.63) is 29.8 Å². The normalized spacial score (nSPS) is 25.8. The van der Waals surface area contributed by atoms with Gasteiger partial charge in [-0.3, -0.25) is 4.79 Å². The topological polar surface area (TPSA) is 58.6 Å². The number of methoxy groups -OCH3 is 1. The summed E-state index contributed by atoms with van der Waals surface area (Å²) in [5, 5.41) is 13.1. The molecule has 1 saturated heterocycles. The van der Waals surface area contributed by atoms with E-state index in [-0.39, 0.29) is 5.54 Å². The Balaban J connectivity index is 2.47. The van der Waals surface area contributed by atoms with Gasteiger partial charge in [0.1, 0.15) is 5.75 Å². The smallest absolute Gasteiger partial charge is 0.314 e. The van der Waals surface area contributed by atoms with Crippen molar-refractivity contribution in [1.29, 1.82) is 0 Å². The molecule has 4 heteroatoms. The molecule has 1 aromatic carbocycles. The highest BCUT2D eigenvalue weighted by atomic mass is 16.5. The monoisotopic (exact) mass is 263 g/mol. The van der Waals surface area contributed by atoms with Gasteiger partial charge in [0.15, 0.2) is 0 Å². The third-order valence-electron chi connectivity index (χ3n) is 3.93.